The van der Waals surface area contributed by atoms with Crippen molar-refractivity contribution in [1.82, 2.24) is 5.32 Å². The van der Waals surface area contributed by atoms with Crippen LogP contribution in [0.3, 0.4) is 0 Å². The standard InChI is InChI=1S/C27H22Cl2N2O5/c1-3-16-4-9-20(10-5-16)31-26(33)22(25(32)30-27(31)34)12-17-7-11-21(35-2)14-24(17)36-15-18-6-8-19(28)13-23(18)29/h4-14H,3,15H2,1-2H3,(H,30,32,34)/b22-12+. The van der Waals surface area contributed by atoms with Gasteiger partial charge in [0.25, 0.3) is 11.8 Å². The molecule has 0 aliphatic carbocycles. The predicted octanol–water partition coefficient (Wildman–Crippen LogP) is 5.81. The summed E-state index contributed by atoms with van der Waals surface area (Å²) in [7, 11) is 1.51. The van der Waals surface area contributed by atoms with Gasteiger partial charge in [0.2, 0.25) is 0 Å². The minimum Gasteiger partial charge on any atom is -0.497 e. The fourth-order valence-electron chi connectivity index (χ4n) is 3.61. The number of benzene rings is 3. The van der Waals surface area contributed by atoms with Gasteiger partial charge in [0.1, 0.15) is 23.7 Å². The normalized spacial score (nSPS) is 14.7. The van der Waals surface area contributed by atoms with E-state index in [1.807, 2.05) is 19.1 Å². The Balaban J connectivity index is 1.67. The van der Waals surface area contributed by atoms with Crippen molar-refractivity contribution < 1.29 is 23.9 Å². The number of hydrogen-bond acceptors (Lipinski definition) is 5. The number of carbonyl (C=O) groups is 3. The zero-order valence-corrected chi connectivity index (χ0v) is 21.0. The Labute approximate surface area is 218 Å². The summed E-state index contributed by atoms with van der Waals surface area (Å²) in [4.78, 5) is 39.4. The van der Waals surface area contributed by atoms with Gasteiger partial charge in [-0.15, -0.1) is 0 Å². The van der Waals surface area contributed by atoms with E-state index >= 15 is 0 Å². The first-order valence-electron chi connectivity index (χ1n) is 11.1. The van der Waals surface area contributed by atoms with Gasteiger partial charge < -0.3 is 9.47 Å². The molecule has 3 aromatic carbocycles. The molecule has 36 heavy (non-hydrogen) atoms. The lowest BCUT2D eigenvalue weighted by Crippen LogP contribution is -2.54. The first kappa shape index (κ1) is 25.3. The second-order valence-electron chi connectivity index (χ2n) is 7.91. The summed E-state index contributed by atoms with van der Waals surface area (Å²) in [6.45, 7) is 2.11. The van der Waals surface area contributed by atoms with Gasteiger partial charge in [-0.2, -0.15) is 0 Å². The molecule has 4 amide bonds. The van der Waals surface area contributed by atoms with Crippen LogP contribution in [-0.4, -0.2) is 25.0 Å². The molecule has 1 aliphatic heterocycles. The van der Waals surface area contributed by atoms with Crippen molar-refractivity contribution in [2.24, 2.45) is 0 Å². The summed E-state index contributed by atoms with van der Waals surface area (Å²) in [5.41, 5.74) is 2.33. The van der Waals surface area contributed by atoms with Gasteiger partial charge in [-0.25, -0.2) is 9.69 Å². The van der Waals surface area contributed by atoms with Crippen molar-refractivity contribution in [3.05, 3.63) is 93.0 Å². The van der Waals surface area contributed by atoms with Gasteiger partial charge in [-0.05, 0) is 54.5 Å². The van der Waals surface area contributed by atoms with Crippen LogP contribution >= 0.6 is 23.2 Å². The second kappa shape index (κ2) is 10.8. The SMILES string of the molecule is CCc1ccc(N2C(=O)NC(=O)/C(=C\c3ccc(OC)cc3OCc3ccc(Cl)cc3Cl)C2=O)cc1. The number of nitrogens with one attached hydrogen (secondary N) is 1. The highest BCUT2D eigenvalue weighted by Crippen LogP contribution is 2.31. The van der Waals surface area contributed by atoms with Crippen LogP contribution in [0.5, 0.6) is 11.5 Å². The van der Waals surface area contributed by atoms with Crippen molar-refractivity contribution in [3.63, 3.8) is 0 Å². The lowest BCUT2D eigenvalue weighted by Gasteiger charge is -2.26. The fourth-order valence-corrected chi connectivity index (χ4v) is 4.07. The topological polar surface area (TPSA) is 84.9 Å². The molecule has 1 aliphatic rings. The van der Waals surface area contributed by atoms with E-state index in [0.29, 0.717) is 38.4 Å². The van der Waals surface area contributed by atoms with Crippen molar-refractivity contribution in [2.45, 2.75) is 20.0 Å². The number of urea groups is 1. The summed E-state index contributed by atoms with van der Waals surface area (Å²) < 4.78 is 11.3. The van der Waals surface area contributed by atoms with Gasteiger partial charge in [-0.3, -0.25) is 14.9 Å². The van der Waals surface area contributed by atoms with Crippen molar-refractivity contribution in [3.8, 4) is 11.5 Å². The first-order chi connectivity index (χ1) is 17.3. The van der Waals surface area contributed by atoms with E-state index in [-0.39, 0.29) is 12.2 Å². The first-order valence-corrected chi connectivity index (χ1v) is 11.8. The lowest BCUT2D eigenvalue weighted by molar-refractivity contribution is -0.122. The molecule has 1 saturated heterocycles. The van der Waals surface area contributed by atoms with Gasteiger partial charge in [0.05, 0.1) is 12.8 Å². The zero-order valence-electron chi connectivity index (χ0n) is 19.5. The van der Waals surface area contributed by atoms with Crippen molar-refractivity contribution in [2.75, 3.05) is 12.0 Å². The monoisotopic (exact) mass is 524 g/mol. The summed E-state index contributed by atoms with van der Waals surface area (Å²) in [6.07, 6.45) is 2.20. The summed E-state index contributed by atoms with van der Waals surface area (Å²) in [5.74, 6) is -0.671. The molecule has 3 aromatic rings. The number of halogens is 2. The summed E-state index contributed by atoms with van der Waals surface area (Å²) >= 11 is 12.2. The van der Waals surface area contributed by atoms with Gasteiger partial charge >= 0.3 is 6.03 Å². The van der Waals surface area contributed by atoms with Crippen LogP contribution in [0.15, 0.2) is 66.2 Å². The average Bonchev–Trinajstić information content (AvgIpc) is 2.86. The molecule has 4 rings (SSSR count). The second-order valence-corrected chi connectivity index (χ2v) is 8.75. The molecule has 0 aromatic heterocycles. The number of nitrogens with zero attached hydrogens (tertiary/aromatic N) is 1. The molecule has 0 saturated carbocycles. The van der Waals surface area contributed by atoms with Gasteiger partial charge in [0.15, 0.2) is 0 Å². The number of imide groups is 2. The van der Waals surface area contributed by atoms with E-state index in [9.17, 15) is 14.4 Å². The Bertz CT molecular complexity index is 1370. The molecule has 0 atom stereocenters. The van der Waals surface area contributed by atoms with E-state index in [4.69, 9.17) is 32.7 Å². The largest absolute Gasteiger partial charge is 0.497 e. The third kappa shape index (κ3) is 5.37. The number of aryl methyl sites for hydroxylation is 1. The maximum atomic E-state index is 13.3. The molecule has 1 N–H and O–H groups in total. The van der Waals surface area contributed by atoms with Crippen LogP contribution in [0.1, 0.15) is 23.6 Å². The van der Waals surface area contributed by atoms with E-state index < -0.39 is 17.8 Å². The van der Waals surface area contributed by atoms with E-state index in [2.05, 4.69) is 5.32 Å². The molecule has 0 radical (unpaired) electrons. The summed E-state index contributed by atoms with van der Waals surface area (Å²) in [6, 6.07) is 16.2. The van der Waals surface area contributed by atoms with E-state index in [0.717, 1.165) is 16.9 Å². The molecule has 184 valence electrons. The van der Waals surface area contributed by atoms with Crippen molar-refractivity contribution in [1.29, 1.82) is 0 Å². The molecule has 0 unspecified atom stereocenters. The Kier molecular flexibility index (Phi) is 7.62. The minimum absolute atomic E-state index is 0.105. The zero-order chi connectivity index (χ0) is 25.8. The highest BCUT2D eigenvalue weighted by molar-refractivity contribution is 6.39. The van der Waals surface area contributed by atoms with Gasteiger partial charge in [-0.1, -0.05) is 48.3 Å². The number of hydrogen-bond donors (Lipinski definition) is 1. The number of carbonyl (C=O) groups excluding carboxylic acids is 3. The molecule has 7 nitrogen and oxygen atoms in total. The van der Waals surface area contributed by atoms with Crippen LogP contribution in [-0.2, 0) is 22.6 Å². The Hall–Kier alpha value is -3.81. The van der Waals surface area contributed by atoms with Crippen LogP contribution in [0, 0.1) is 0 Å². The highest BCUT2D eigenvalue weighted by atomic mass is 35.5. The average molecular weight is 525 g/mol. The highest BCUT2D eigenvalue weighted by Gasteiger charge is 2.37. The maximum Gasteiger partial charge on any atom is 0.335 e. The van der Waals surface area contributed by atoms with Crippen molar-refractivity contribution >= 4 is 52.8 Å². The van der Waals surface area contributed by atoms with Crippen LogP contribution < -0.4 is 19.7 Å². The van der Waals surface area contributed by atoms with E-state index in [1.165, 1.54) is 13.2 Å². The number of ether oxygens (including phenoxy) is 2. The Morgan fingerprint density at radius 1 is 0.972 bits per heavy atom. The Morgan fingerprint density at radius 3 is 2.39 bits per heavy atom. The smallest absolute Gasteiger partial charge is 0.335 e. The number of barbiturate groups is 1. The molecule has 0 bridgehead atoms. The van der Waals surface area contributed by atoms with Crippen LogP contribution in [0.2, 0.25) is 10.0 Å². The quantitative estimate of drug-likeness (QED) is 0.311. The molecular formula is C27H22Cl2N2O5. The number of methoxy groups -OCH3 is 1. The molecule has 9 heteroatoms. The maximum absolute atomic E-state index is 13.3. The number of anilines is 1. The van der Waals surface area contributed by atoms with Crippen LogP contribution in [0.25, 0.3) is 6.08 Å². The lowest BCUT2D eigenvalue weighted by atomic mass is 10.1. The molecule has 1 heterocycles. The number of rotatable bonds is 7. The third-order valence-corrected chi connectivity index (χ3v) is 6.21. The summed E-state index contributed by atoms with van der Waals surface area (Å²) in [5, 5.41) is 3.17. The van der Waals surface area contributed by atoms with Crippen LogP contribution in [0.4, 0.5) is 10.5 Å². The van der Waals surface area contributed by atoms with Gasteiger partial charge in [0, 0.05) is 27.2 Å². The third-order valence-electron chi connectivity index (χ3n) is 5.62. The Morgan fingerprint density at radius 2 is 1.72 bits per heavy atom. The molecule has 0 spiro atoms. The minimum atomic E-state index is -0.810. The molecular weight excluding hydrogens is 503 g/mol. The predicted molar refractivity (Wildman–Crippen MR) is 139 cm³/mol. The molecule has 1 fully saturated rings. The number of amides is 4. The fraction of sp³-hybridized carbons (Fsp3) is 0.148. The van der Waals surface area contributed by atoms with E-state index in [1.54, 1.807) is 48.5 Å².